The van der Waals surface area contributed by atoms with Gasteiger partial charge in [0.1, 0.15) is 0 Å². The Bertz CT molecular complexity index is 289. The first-order chi connectivity index (χ1) is 6.53. The molecule has 0 N–H and O–H groups in total. The van der Waals surface area contributed by atoms with E-state index in [-0.39, 0.29) is 11.6 Å². The molecule has 3 nitrogen and oxygen atoms in total. The Kier molecular flexibility index (Phi) is 1.88. The Morgan fingerprint density at radius 2 is 2.21 bits per heavy atom. The Balaban J connectivity index is 2.41. The number of cyclic esters (lactones) is 1. The SMILES string of the molecule is C=C[C@]1(C)OC(=O)N2CCCC[C@]21C. The molecule has 1 amide bonds. The van der Waals surface area contributed by atoms with Gasteiger partial charge in [0.15, 0.2) is 5.60 Å². The lowest BCUT2D eigenvalue weighted by molar-refractivity contribution is 0.0345. The van der Waals surface area contributed by atoms with Crippen molar-refractivity contribution in [2.24, 2.45) is 0 Å². The van der Waals surface area contributed by atoms with Crippen molar-refractivity contribution in [1.82, 2.24) is 4.90 Å². The van der Waals surface area contributed by atoms with E-state index in [1.54, 1.807) is 6.08 Å². The van der Waals surface area contributed by atoms with Gasteiger partial charge in [-0.15, -0.1) is 0 Å². The monoisotopic (exact) mass is 195 g/mol. The zero-order chi connectivity index (χ0) is 10.4. The molecule has 0 radical (unpaired) electrons. The van der Waals surface area contributed by atoms with E-state index in [2.05, 4.69) is 13.5 Å². The fraction of sp³-hybridized carbons (Fsp3) is 0.727. The molecule has 0 aromatic rings. The number of carbonyl (C=O) groups is 1. The summed E-state index contributed by atoms with van der Waals surface area (Å²) >= 11 is 0. The molecule has 0 aliphatic carbocycles. The molecule has 0 spiro atoms. The molecule has 2 aliphatic rings. The molecule has 14 heavy (non-hydrogen) atoms. The van der Waals surface area contributed by atoms with E-state index in [1.165, 1.54) is 0 Å². The van der Waals surface area contributed by atoms with Gasteiger partial charge in [-0.25, -0.2) is 4.79 Å². The van der Waals surface area contributed by atoms with Gasteiger partial charge in [0, 0.05) is 6.54 Å². The smallest absolute Gasteiger partial charge is 0.411 e. The van der Waals surface area contributed by atoms with Gasteiger partial charge >= 0.3 is 6.09 Å². The van der Waals surface area contributed by atoms with Crippen LogP contribution < -0.4 is 0 Å². The van der Waals surface area contributed by atoms with Crippen LogP contribution in [0, 0.1) is 0 Å². The molecule has 2 saturated heterocycles. The van der Waals surface area contributed by atoms with E-state index in [1.807, 2.05) is 11.8 Å². The summed E-state index contributed by atoms with van der Waals surface area (Å²) in [6.45, 7) is 8.64. The summed E-state index contributed by atoms with van der Waals surface area (Å²) < 4.78 is 5.42. The van der Waals surface area contributed by atoms with Gasteiger partial charge in [-0.2, -0.15) is 0 Å². The lowest BCUT2D eigenvalue weighted by atomic mass is 9.76. The molecular formula is C11H17NO2. The second-order valence-electron chi connectivity index (χ2n) is 4.56. The lowest BCUT2D eigenvalue weighted by Crippen LogP contribution is -2.56. The number of hydrogen-bond acceptors (Lipinski definition) is 2. The summed E-state index contributed by atoms with van der Waals surface area (Å²) in [7, 11) is 0. The van der Waals surface area contributed by atoms with Gasteiger partial charge in [0.2, 0.25) is 0 Å². The summed E-state index contributed by atoms with van der Waals surface area (Å²) in [5.41, 5.74) is -0.714. The number of fused-ring (bicyclic) bond motifs is 1. The molecule has 2 aliphatic heterocycles. The molecule has 2 atom stereocenters. The van der Waals surface area contributed by atoms with E-state index < -0.39 is 5.60 Å². The predicted octanol–water partition coefficient (Wildman–Crippen LogP) is 2.33. The van der Waals surface area contributed by atoms with Gasteiger partial charge in [-0.1, -0.05) is 6.58 Å². The predicted molar refractivity (Wildman–Crippen MR) is 54.0 cm³/mol. The number of nitrogens with zero attached hydrogens (tertiary/aromatic N) is 1. The summed E-state index contributed by atoms with van der Waals surface area (Å²) in [5.74, 6) is 0. The zero-order valence-corrected chi connectivity index (χ0v) is 8.88. The minimum absolute atomic E-state index is 0.186. The molecular weight excluding hydrogens is 178 g/mol. The normalized spacial score (nSPS) is 41.9. The van der Waals surface area contributed by atoms with Crippen molar-refractivity contribution in [2.75, 3.05) is 6.54 Å². The summed E-state index contributed by atoms with van der Waals surface area (Å²) in [4.78, 5) is 13.5. The van der Waals surface area contributed by atoms with Gasteiger partial charge < -0.3 is 4.74 Å². The van der Waals surface area contributed by atoms with Crippen LogP contribution in [0.15, 0.2) is 12.7 Å². The number of carbonyl (C=O) groups excluding carboxylic acids is 1. The highest BCUT2D eigenvalue weighted by molar-refractivity contribution is 5.73. The molecule has 2 fully saturated rings. The van der Waals surface area contributed by atoms with Crippen LogP contribution in [0.25, 0.3) is 0 Å². The van der Waals surface area contributed by atoms with E-state index in [0.717, 1.165) is 25.8 Å². The van der Waals surface area contributed by atoms with Crippen molar-refractivity contribution < 1.29 is 9.53 Å². The van der Waals surface area contributed by atoms with Crippen LogP contribution in [0.2, 0.25) is 0 Å². The summed E-state index contributed by atoms with van der Waals surface area (Å²) in [6.07, 6.45) is 4.82. The number of amides is 1. The van der Waals surface area contributed by atoms with E-state index >= 15 is 0 Å². The van der Waals surface area contributed by atoms with Gasteiger partial charge in [-0.05, 0) is 39.2 Å². The molecule has 78 valence electrons. The highest BCUT2D eigenvalue weighted by atomic mass is 16.6. The maximum Gasteiger partial charge on any atom is 0.411 e. The number of hydrogen-bond donors (Lipinski definition) is 0. The molecule has 2 heterocycles. The van der Waals surface area contributed by atoms with Gasteiger partial charge in [0.05, 0.1) is 5.54 Å². The van der Waals surface area contributed by atoms with Crippen molar-refractivity contribution in [1.29, 1.82) is 0 Å². The lowest BCUT2D eigenvalue weighted by Gasteiger charge is -2.43. The second kappa shape index (κ2) is 2.75. The third kappa shape index (κ3) is 0.954. The van der Waals surface area contributed by atoms with Gasteiger partial charge in [-0.3, -0.25) is 4.90 Å². The first-order valence-corrected chi connectivity index (χ1v) is 5.18. The Morgan fingerprint density at radius 1 is 1.50 bits per heavy atom. The molecule has 2 rings (SSSR count). The van der Waals surface area contributed by atoms with Crippen molar-refractivity contribution in [2.45, 2.75) is 44.2 Å². The molecule has 3 heteroatoms. The fourth-order valence-corrected chi connectivity index (χ4v) is 2.54. The molecule has 0 saturated carbocycles. The van der Waals surface area contributed by atoms with Crippen LogP contribution >= 0.6 is 0 Å². The average Bonchev–Trinajstić information content (AvgIpc) is 2.36. The van der Waals surface area contributed by atoms with E-state index in [4.69, 9.17) is 4.74 Å². The second-order valence-corrected chi connectivity index (χ2v) is 4.56. The number of rotatable bonds is 1. The standard InChI is InChI=1S/C11H17NO2/c1-4-11(3)10(2)7-5-6-8-12(10)9(13)14-11/h4H,1,5-8H2,2-3H3/t10-,11-/m0/s1. The average molecular weight is 195 g/mol. The molecule has 0 aromatic heterocycles. The van der Waals surface area contributed by atoms with Crippen molar-refractivity contribution >= 4 is 6.09 Å². The Morgan fingerprint density at radius 3 is 2.86 bits per heavy atom. The quantitative estimate of drug-likeness (QED) is 0.601. The number of ether oxygens (including phenoxy) is 1. The highest BCUT2D eigenvalue weighted by Gasteiger charge is 2.58. The van der Waals surface area contributed by atoms with Crippen LogP contribution in [-0.4, -0.2) is 28.7 Å². The minimum atomic E-state index is -0.523. The van der Waals surface area contributed by atoms with E-state index in [0.29, 0.717) is 0 Å². The van der Waals surface area contributed by atoms with Crippen LogP contribution in [0.1, 0.15) is 33.1 Å². The van der Waals surface area contributed by atoms with Crippen molar-refractivity contribution in [3.05, 3.63) is 12.7 Å². The van der Waals surface area contributed by atoms with Crippen LogP contribution in [-0.2, 0) is 4.74 Å². The molecule has 0 unspecified atom stereocenters. The summed E-state index contributed by atoms with van der Waals surface area (Å²) in [5, 5.41) is 0. The van der Waals surface area contributed by atoms with Crippen molar-refractivity contribution in [3.63, 3.8) is 0 Å². The Labute approximate surface area is 84.7 Å². The first kappa shape index (κ1) is 9.56. The maximum atomic E-state index is 11.6. The minimum Gasteiger partial charge on any atom is -0.436 e. The van der Waals surface area contributed by atoms with Crippen LogP contribution in [0.3, 0.4) is 0 Å². The third-order valence-electron chi connectivity index (χ3n) is 3.87. The first-order valence-electron chi connectivity index (χ1n) is 5.18. The Hall–Kier alpha value is -0.990. The van der Waals surface area contributed by atoms with Crippen LogP contribution in [0.4, 0.5) is 4.79 Å². The zero-order valence-electron chi connectivity index (χ0n) is 8.88. The highest BCUT2D eigenvalue weighted by Crippen LogP contribution is 2.45. The third-order valence-corrected chi connectivity index (χ3v) is 3.87. The number of piperidine rings is 1. The van der Waals surface area contributed by atoms with Crippen LogP contribution in [0.5, 0.6) is 0 Å². The molecule has 0 bridgehead atoms. The van der Waals surface area contributed by atoms with Gasteiger partial charge in [0.25, 0.3) is 0 Å². The molecule has 0 aromatic carbocycles. The maximum absolute atomic E-state index is 11.6. The fourth-order valence-electron chi connectivity index (χ4n) is 2.54. The summed E-state index contributed by atoms with van der Waals surface area (Å²) in [6, 6.07) is 0. The largest absolute Gasteiger partial charge is 0.436 e. The van der Waals surface area contributed by atoms with E-state index in [9.17, 15) is 4.79 Å². The van der Waals surface area contributed by atoms with Crippen molar-refractivity contribution in [3.8, 4) is 0 Å². The topological polar surface area (TPSA) is 29.5 Å².